The zero-order chi connectivity index (χ0) is 11.4. The number of carbonyl (C=O) groups excluding carboxylic acids is 2. The van der Waals surface area contributed by atoms with Gasteiger partial charge < -0.3 is 16.0 Å². The van der Waals surface area contributed by atoms with Gasteiger partial charge in [-0.3, -0.25) is 4.79 Å². The molecule has 0 rings (SSSR count). The lowest BCUT2D eigenvalue weighted by Gasteiger charge is -2.27. The highest BCUT2D eigenvalue weighted by molar-refractivity contribution is 5.78. The van der Waals surface area contributed by atoms with Crippen molar-refractivity contribution in [3.05, 3.63) is 0 Å². The fourth-order valence-corrected chi connectivity index (χ4v) is 1.01. The zero-order valence-electron chi connectivity index (χ0n) is 9.26. The number of hydrogen-bond acceptors (Lipinski definition) is 2. The molecule has 0 aromatic rings. The van der Waals surface area contributed by atoms with Crippen molar-refractivity contribution >= 4 is 11.9 Å². The molecular formula is C9H19N3O2. The Morgan fingerprint density at radius 3 is 2.29 bits per heavy atom. The molecule has 0 saturated carbocycles. The summed E-state index contributed by atoms with van der Waals surface area (Å²) in [6, 6.07) is -0.196. The van der Waals surface area contributed by atoms with Crippen LogP contribution in [0.3, 0.4) is 0 Å². The maximum Gasteiger partial charge on any atom is 0.317 e. The van der Waals surface area contributed by atoms with Crippen molar-refractivity contribution in [3.63, 3.8) is 0 Å². The Kier molecular flexibility index (Phi) is 4.40. The van der Waals surface area contributed by atoms with Gasteiger partial charge in [-0.1, -0.05) is 0 Å². The topological polar surface area (TPSA) is 75.4 Å². The third kappa shape index (κ3) is 4.69. The lowest BCUT2D eigenvalue weighted by Crippen LogP contribution is -2.50. The van der Waals surface area contributed by atoms with E-state index >= 15 is 0 Å². The number of nitrogens with one attached hydrogen (secondary N) is 1. The molecule has 0 aromatic carbocycles. The lowest BCUT2D eigenvalue weighted by molar-refractivity contribution is -0.119. The average Bonchev–Trinajstić information content (AvgIpc) is 1.99. The summed E-state index contributed by atoms with van der Waals surface area (Å²) in [4.78, 5) is 23.7. The standard InChI is InChI=1S/C9H19N3O2/c1-5-12(4)8(14)11-9(2,3)6-7(10)13/h5-6H2,1-4H3,(H2,10,13)(H,11,14). The highest BCUT2D eigenvalue weighted by Crippen LogP contribution is 2.07. The summed E-state index contributed by atoms with van der Waals surface area (Å²) < 4.78 is 0. The Labute approximate surface area is 84.6 Å². The second-order valence-corrected chi connectivity index (χ2v) is 3.97. The fraction of sp³-hybridized carbons (Fsp3) is 0.778. The van der Waals surface area contributed by atoms with Crippen LogP contribution in [-0.2, 0) is 4.79 Å². The number of carbonyl (C=O) groups is 2. The van der Waals surface area contributed by atoms with Crippen LogP contribution in [0.15, 0.2) is 0 Å². The minimum atomic E-state index is -0.591. The van der Waals surface area contributed by atoms with Crippen molar-refractivity contribution in [3.8, 4) is 0 Å². The van der Waals surface area contributed by atoms with E-state index in [0.717, 1.165) is 0 Å². The van der Waals surface area contributed by atoms with E-state index in [9.17, 15) is 9.59 Å². The number of hydrogen-bond donors (Lipinski definition) is 2. The molecule has 0 bridgehead atoms. The largest absolute Gasteiger partial charge is 0.370 e. The zero-order valence-corrected chi connectivity index (χ0v) is 9.26. The molecule has 14 heavy (non-hydrogen) atoms. The van der Waals surface area contributed by atoms with Gasteiger partial charge in [0.1, 0.15) is 0 Å². The number of primary amides is 1. The van der Waals surface area contributed by atoms with Gasteiger partial charge in [-0.25, -0.2) is 4.79 Å². The van der Waals surface area contributed by atoms with E-state index in [2.05, 4.69) is 5.32 Å². The van der Waals surface area contributed by atoms with Gasteiger partial charge >= 0.3 is 6.03 Å². The number of nitrogens with zero attached hydrogens (tertiary/aromatic N) is 1. The fourth-order valence-electron chi connectivity index (χ4n) is 1.01. The number of nitrogens with two attached hydrogens (primary N) is 1. The van der Waals surface area contributed by atoms with Crippen molar-refractivity contribution in [1.29, 1.82) is 0 Å². The summed E-state index contributed by atoms with van der Waals surface area (Å²) in [5, 5.41) is 2.72. The molecule has 0 aromatic heterocycles. The maximum absolute atomic E-state index is 11.4. The van der Waals surface area contributed by atoms with Crippen molar-refractivity contribution in [2.75, 3.05) is 13.6 Å². The second kappa shape index (κ2) is 4.83. The van der Waals surface area contributed by atoms with Crippen molar-refractivity contribution in [1.82, 2.24) is 10.2 Å². The minimum absolute atomic E-state index is 0.135. The van der Waals surface area contributed by atoms with Crippen molar-refractivity contribution in [2.24, 2.45) is 5.73 Å². The van der Waals surface area contributed by atoms with Gasteiger partial charge in [0.25, 0.3) is 0 Å². The van der Waals surface area contributed by atoms with Gasteiger partial charge in [0, 0.05) is 25.6 Å². The predicted octanol–water partition coefficient (Wildman–Crippen LogP) is 0.302. The summed E-state index contributed by atoms with van der Waals surface area (Å²) in [6.45, 7) is 6.03. The smallest absolute Gasteiger partial charge is 0.317 e. The first-order chi connectivity index (χ1) is 6.28. The van der Waals surface area contributed by atoms with Gasteiger partial charge in [-0.05, 0) is 20.8 Å². The Morgan fingerprint density at radius 2 is 1.93 bits per heavy atom. The first-order valence-electron chi connectivity index (χ1n) is 4.60. The molecule has 3 N–H and O–H groups in total. The summed E-state index contributed by atoms with van der Waals surface area (Å²) in [6.07, 6.45) is 0.135. The molecule has 0 unspecified atom stereocenters. The Balaban J connectivity index is 4.21. The summed E-state index contributed by atoms with van der Waals surface area (Å²) >= 11 is 0. The van der Waals surface area contributed by atoms with Gasteiger partial charge in [0.05, 0.1) is 0 Å². The highest BCUT2D eigenvalue weighted by atomic mass is 16.2. The van der Waals surface area contributed by atoms with E-state index in [1.165, 1.54) is 4.90 Å². The maximum atomic E-state index is 11.4. The van der Waals surface area contributed by atoms with Gasteiger partial charge in [-0.15, -0.1) is 0 Å². The lowest BCUT2D eigenvalue weighted by atomic mass is 10.0. The van der Waals surface area contributed by atoms with Crippen LogP contribution in [-0.4, -0.2) is 36.0 Å². The quantitative estimate of drug-likeness (QED) is 0.686. The van der Waals surface area contributed by atoms with Gasteiger partial charge in [0.15, 0.2) is 0 Å². The Hall–Kier alpha value is -1.26. The van der Waals surface area contributed by atoms with Crippen molar-refractivity contribution in [2.45, 2.75) is 32.7 Å². The van der Waals surface area contributed by atoms with Crippen LogP contribution < -0.4 is 11.1 Å². The van der Waals surface area contributed by atoms with Gasteiger partial charge in [0.2, 0.25) is 5.91 Å². The van der Waals surface area contributed by atoms with E-state index in [0.29, 0.717) is 6.54 Å². The number of amides is 3. The molecule has 0 fully saturated rings. The van der Waals surface area contributed by atoms with E-state index in [1.54, 1.807) is 20.9 Å². The average molecular weight is 201 g/mol. The first kappa shape index (κ1) is 12.7. The molecule has 0 heterocycles. The van der Waals surface area contributed by atoms with Crippen LogP contribution in [0.25, 0.3) is 0 Å². The van der Waals surface area contributed by atoms with Crippen LogP contribution in [0.4, 0.5) is 4.79 Å². The third-order valence-corrected chi connectivity index (χ3v) is 1.88. The SMILES string of the molecule is CCN(C)C(=O)NC(C)(C)CC(N)=O. The van der Waals surface area contributed by atoms with Crippen LogP contribution >= 0.6 is 0 Å². The molecular weight excluding hydrogens is 182 g/mol. The molecule has 0 aliphatic carbocycles. The minimum Gasteiger partial charge on any atom is -0.370 e. The summed E-state index contributed by atoms with van der Waals surface area (Å²) in [5.74, 6) is -0.422. The number of urea groups is 1. The van der Waals surface area contributed by atoms with Crippen molar-refractivity contribution < 1.29 is 9.59 Å². The first-order valence-corrected chi connectivity index (χ1v) is 4.60. The molecule has 82 valence electrons. The van der Waals surface area contributed by atoms with Gasteiger partial charge in [-0.2, -0.15) is 0 Å². The molecule has 0 aliphatic rings. The highest BCUT2D eigenvalue weighted by Gasteiger charge is 2.23. The summed E-state index contributed by atoms with van der Waals surface area (Å²) in [7, 11) is 1.69. The molecule has 5 nitrogen and oxygen atoms in total. The number of rotatable bonds is 4. The third-order valence-electron chi connectivity index (χ3n) is 1.88. The van der Waals surface area contributed by atoms with Crippen LogP contribution in [0.5, 0.6) is 0 Å². The molecule has 0 aliphatic heterocycles. The molecule has 3 amide bonds. The monoisotopic (exact) mass is 201 g/mol. The summed E-state index contributed by atoms with van der Waals surface area (Å²) in [5.41, 5.74) is 4.47. The second-order valence-electron chi connectivity index (χ2n) is 3.97. The molecule has 0 saturated heterocycles. The van der Waals surface area contributed by atoms with E-state index < -0.39 is 11.4 Å². The predicted molar refractivity (Wildman–Crippen MR) is 54.7 cm³/mol. The molecule has 5 heteroatoms. The van der Waals surface area contributed by atoms with E-state index in [4.69, 9.17) is 5.73 Å². The molecule has 0 radical (unpaired) electrons. The Morgan fingerprint density at radius 1 is 1.43 bits per heavy atom. The van der Waals surface area contributed by atoms with Crippen LogP contribution in [0, 0.1) is 0 Å². The molecule has 0 spiro atoms. The Bertz CT molecular complexity index is 226. The van der Waals surface area contributed by atoms with E-state index in [-0.39, 0.29) is 12.5 Å². The van der Waals surface area contributed by atoms with E-state index in [1.807, 2.05) is 6.92 Å². The van der Waals surface area contributed by atoms with Crippen LogP contribution in [0.2, 0.25) is 0 Å². The van der Waals surface area contributed by atoms with Crippen LogP contribution in [0.1, 0.15) is 27.2 Å². The molecule has 0 atom stereocenters. The normalized spacial score (nSPS) is 10.9.